The maximum absolute atomic E-state index is 13.6. The van der Waals surface area contributed by atoms with Crippen LogP contribution in [0.25, 0.3) is 17.0 Å². The van der Waals surface area contributed by atoms with Crippen LogP contribution >= 0.6 is 0 Å². The quantitative estimate of drug-likeness (QED) is 0.526. The van der Waals surface area contributed by atoms with Crippen molar-refractivity contribution < 1.29 is 26.9 Å². The van der Waals surface area contributed by atoms with E-state index in [2.05, 4.69) is 25.0 Å². The van der Waals surface area contributed by atoms with Gasteiger partial charge < -0.3 is 14.2 Å². The molecule has 1 N–H and O–H groups in total. The zero-order chi connectivity index (χ0) is 20.6. The van der Waals surface area contributed by atoms with E-state index in [0.717, 1.165) is 0 Å². The lowest BCUT2D eigenvalue weighted by Gasteiger charge is -2.03. The lowest BCUT2D eigenvalue weighted by Crippen LogP contribution is -2.23. The van der Waals surface area contributed by atoms with Crippen molar-refractivity contribution in [2.75, 3.05) is 0 Å². The van der Waals surface area contributed by atoms with E-state index in [0.29, 0.717) is 11.3 Å². The standard InChI is InChI=1S/C18H11F4N5O2/c19-13-4-2-1-3-12(13)16(28)23-7-11-9-27-8-10(5-6-14(27)24-11)15-25-17(29-26-15)18(20,21)22/h1-6,8-9H,7H2,(H,23,28). The summed E-state index contributed by atoms with van der Waals surface area (Å²) in [6.45, 7) is 0.0324. The molecule has 148 valence electrons. The monoisotopic (exact) mass is 405 g/mol. The Kier molecular flexibility index (Phi) is 4.49. The molecule has 3 heterocycles. The number of benzene rings is 1. The second-order valence-corrected chi connectivity index (χ2v) is 6.00. The fraction of sp³-hybridized carbons (Fsp3) is 0.111. The lowest BCUT2D eigenvalue weighted by atomic mass is 10.2. The number of halogens is 4. The van der Waals surface area contributed by atoms with Crippen molar-refractivity contribution in [3.05, 3.63) is 71.8 Å². The van der Waals surface area contributed by atoms with Crippen molar-refractivity contribution in [1.82, 2.24) is 24.8 Å². The van der Waals surface area contributed by atoms with Gasteiger partial charge in [-0.15, -0.1) is 0 Å². The molecule has 4 rings (SSSR count). The average Bonchev–Trinajstić information content (AvgIpc) is 3.32. The number of pyridine rings is 1. The largest absolute Gasteiger partial charge is 0.471 e. The number of nitrogens with zero attached hydrogens (tertiary/aromatic N) is 4. The number of carbonyl (C=O) groups is 1. The van der Waals surface area contributed by atoms with Crippen LogP contribution in [0.2, 0.25) is 0 Å². The van der Waals surface area contributed by atoms with Crippen LogP contribution in [0.1, 0.15) is 21.9 Å². The molecule has 3 aromatic heterocycles. The number of aromatic nitrogens is 4. The summed E-state index contributed by atoms with van der Waals surface area (Å²) in [7, 11) is 0. The molecule has 0 aliphatic carbocycles. The van der Waals surface area contributed by atoms with E-state index in [1.54, 1.807) is 22.7 Å². The van der Waals surface area contributed by atoms with E-state index in [1.165, 1.54) is 30.5 Å². The van der Waals surface area contributed by atoms with Crippen molar-refractivity contribution in [1.29, 1.82) is 0 Å². The Balaban J connectivity index is 1.52. The van der Waals surface area contributed by atoms with Gasteiger partial charge in [0, 0.05) is 18.0 Å². The van der Waals surface area contributed by atoms with Gasteiger partial charge in [0.25, 0.3) is 5.91 Å². The molecule has 0 atom stereocenters. The summed E-state index contributed by atoms with van der Waals surface area (Å²) < 4.78 is 57.2. The van der Waals surface area contributed by atoms with Crippen molar-refractivity contribution in [2.45, 2.75) is 12.7 Å². The summed E-state index contributed by atoms with van der Waals surface area (Å²) in [5.74, 6) is -2.88. The second-order valence-electron chi connectivity index (χ2n) is 6.00. The van der Waals surface area contributed by atoms with Gasteiger partial charge in [0.15, 0.2) is 0 Å². The van der Waals surface area contributed by atoms with Crippen LogP contribution in [-0.4, -0.2) is 25.4 Å². The van der Waals surface area contributed by atoms with Crippen LogP contribution in [0.5, 0.6) is 0 Å². The Hall–Kier alpha value is -3.76. The first kappa shape index (κ1) is 18.6. The van der Waals surface area contributed by atoms with Crippen LogP contribution < -0.4 is 5.32 Å². The van der Waals surface area contributed by atoms with E-state index in [1.807, 2.05) is 0 Å². The minimum Gasteiger partial charge on any atom is -0.346 e. The normalized spacial score (nSPS) is 11.7. The molecule has 4 aromatic rings. The third-order valence-electron chi connectivity index (χ3n) is 3.98. The van der Waals surface area contributed by atoms with Gasteiger partial charge in [-0.1, -0.05) is 17.3 Å². The Labute approximate surface area is 160 Å². The minimum absolute atomic E-state index is 0.0324. The van der Waals surface area contributed by atoms with Gasteiger partial charge in [0.1, 0.15) is 11.5 Å². The highest BCUT2D eigenvalue weighted by Gasteiger charge is 2.38. The van der Waals surface area contributed by atoms with Crippen LogP contribution in [0.4, 0.5) is 17.6 Å². The number of imidazole rings is 1. The third kappa shape index (κ3) is 3.79. The highest BCUT2D eigenvalue weighted by atomic mass is 19.4. The molecule has 0 saturated carbocycles. The number of nitrogens with one attached hydrogen (secondary N) is 1. The second kappa shape index (κ2) is 7.00. The molecule has 11 heteroatoms. The number of alkyl halides is 3. The Morgan fingerprint density at radius 2 is 1.90 bits per heavy atom. The maximum atomic E-state index is 13.6. The smallest absolute Gasteiger partial charge is 0.346 e. The minimum atomic E-state index is -4.73. The summed E-state index contributed by atoms with van der Waals surface area (Å²) in [4.78, 5) is 19.7. The van der Waals surface area contributed by atoms with Crippen molar-refractivity contribution in [2.24, 2.45) is 0 Å². The SMILES string of the molecule is O=C(NCc1cn2cc(-c3noc(C(F)(F)F)n3)ccc2n1)c1ccccc1F. The number of carbonyl (C=O) groups excluding carboxylic acids is 1. The maximum Gasteiger partial charge on any atom is 0.471 e. The van der Waals surface area contributed by atoms with E-state index >= 15 is 0 Å². The van der Waals surface area contributed by atoms with Gasteiger partial charge >= 0.3 is 12.1 Å². The van der Waals surface area contributed by atoms with Crippen molar-refractivity contribution in [3.63, 3.8) is 0 Å². The predicted molar refractivity (Wildman–Crippen MR) is 91.1 cm³/mol. The fourth-order valence-electron chi connectivity index (χ4n) is 2.63. The summed E-state index contributed by atoms with van der Waals surface area (Å²) in [5.41, 5.74) is 1.16. The molecule has 0 saturated heterocycles. The molecule has 0 bridgehead atoms. The summed E-state index contributed by atoms with van der Waals surface area (Å²) >= 11 is 0. The number of hydrogen-bond acceptors (Lipinski definition) is 5. The first-order valence-electron chi connectivity index (χ1n) is 8.23. The van der Waals surface area contributed by atoms with Crippen LogP contribution in [0, 0.1) is 5.82 Å². The molecule has 0 unspecified atom stereocenters. The number of rotatable bonds is 4. The fourth-order valence-corrected chi connectivity index (χ4v) is 2.63. The van der Waals surface area contributed by atoms with Crippen LogP contribution in [-0.2, 0) is 12.7 Å². The third-order valence-corrected chi connectivity index (χ3v) is 3.98. The molecule has 1 aromatic carbocycles. The molecular weight excluding hydrogens is 394 g/mol. The zero-order valence-corrected chi connectivity index (χ0v) is 14.4. The van der Waals surface area contributed by atoms with Gasteiger partial charge in [0.05, 0.1) is 17.8 Å². The van der Waals surface area contributed by atoms with Crippen molar-refractivity contribution >= 4 is 11.6 Å². The molecule has 0 radical (unpaired) electrons. The van der Waals surface area contributed by atoms with E-state index in [4.69, 9.17) is 0 Å². The Bertz CT molecular complexity index is 1200. The number of amides is 1. The first-order chi connectivity index (χ1) is 13.8. The van der Waals surface area contributed by atoms with Gasteiger partial charge in [-0.2, -0.15) is 18.2 Å². The predicted octanol–water partition coefficient (Wildman–Crippen LogP) is 3.47. The molecule has 1 amide bonds. The molecule has 7 nitrogen and oxygen atoms in total. The van der Waals surface area contributed by atoms with Crippen LogP contribution in [0.15, 0.2) is 53.3 Å². The Morgan fingerprint density at radius 1 is 1.10 bits per heavy atom. The Morgan fingerprint density at radius 3 is 2.62 bits per heavy atom. The van der Waals surface area contributed by atoms with Crippen molar-refractivity contribution in [3.8, 4) is 11.4 Å². The number of fused-ring (bicyclic) bond motifs is 1. The molecule has 0 aliphatic rings. The summed E-state index contributed by atoms with van der Waals surface area (Å²) in [6.07, 6.45) is -1.67. The summed E-state index contributed by atoms with van der Waals surface area (Å²) in [6, 6.07) is 8.63. The molecule has 0 spiro atoms. The zero-order valence-electron chi connectivity index (χ0n) is 14.4. The van der Waals surface area contributed by atoms with Crippen LogP contribution in [0.3, 0.4) is 0 Å². The van der Waals surface area contributed by atoms with Gasteiger partial charge in [0.2, 0.25) is 5.82 Å². The molecule has 29 heavy (non-hydrogen) atoms. The average molecular weight is 405 g/mol. The van der Waals surface area contributed by atoms with Gasteiger partial charge in [-0.05, 0) is 24.3 Å². The topological polar surface area (TPSA) is 85.3 Å². The van der Waals surface area contributed by atoms with Gasteiger partial charge in [-0.25, -0.2) is 9.37 Å². The molecule has 0 fully saturated rings. The van der Waals surface area contributed by atoms with E-state index < -0.39 is 23.8 Å². The molecular formula is C18H11F4N5O2. The summed E-state index contributed by atoms with van der Waals surface area (Å²) in [5, 5.41) is 5.90. The lowest BCUT2D eigenvalue weighted by molar-refractivity contribution is -0.159. The highest BCUT2D eigenvalue weighted by molar-refractivity contribution is 5.94. The number of hydrogen-bond donors (Lipinski definition) is 1. The van der Waals surface area contributed by atoms with Gasteiger partial charge in [-0.3, -0.25) is 4.79 Å². The molecule has 0 aliphatic heterocycles. The van der Waals surface area contributed by atoms with E-state index in [9.17, 15) is 22.4 Å². The first-order valence-corrected chi connectivity index (χ1v) is 8.23. The van der Waals surface area contributed by atoms with E-state index in [-0.39, 0.29) is 23.5 Å². The highest BCUT2D eigenvalue weighted by Crippen LogP contribution is 2.29.